The fourth-order valence-electron chi connectivity index (χ4n) is 1.69. The van der Waals surface area contributed by atoms with Gasteiger partial charge in [0, 0.05) is 13.0 Å². The molecule has 0 aliphatic carbocycles. The van der Waals surface area contributed by atoms with Gasteiger partial charge in [-0.3, -0.25) is 4.79 Å². The maximum atomic E-state index is 11.3. The van der Waals surface area contributed by atoms with Crippen molar-refractivity contribution in [2.45, 2.75) is 26.3 Å². The molecule has 19 heavy (non-hydrogen) atoms. The summed E-state index contributed by atoms with van der Waals surface area (Å²) in [6.07, 6.45) is 0.562. The van der Waals surface area contributed by atoms with Crippen LogP contribution in [0.4, 0.5) is 0 Å². The second kappa shape index (κ2) is 6.54. The van der Waals surface area contributed by atoms with Gasteiger partial charge in [-0.2, -0.15) is 0 Å². The van der Waals surface area contributed by atoms with E-state index in [1.807, 2.05) is 25.1 Å². The van der Waals surface area contributed by atoms with E-state index in [9.17, 15) is 4.79 Å². The molecule has 2 rings (SSSR count). The van der Waals surface area contributed by atoms with E-state index in [1.165, 1.54) is 0 Å². The van der Waals surface area contributed by atoms with Gasteiger partial charge in [0.2, 0.25) is 5.91 Å². The summed E-state index contributed by atoms with van der Waals surface area (Å²) in [5.74, 6) is 0.464. The Bertz CT molecular complexity index is 566. The average molecular weight is 284 g/mol. The van der Waals surface area contributed by atoms with Gasteiger partial charge in [0.15, 0.2) is 11.5 Å². The zero-order chi connectivity index (χ0) is 13.1. The minimum absolute atomic E-state index is 0. The zero-order valence-electron chi connectivity index (χ0n) is 11.0. The van der Waals surface area contributed by atoms with E-state index in [0.717, 1.165) is 16.7 Å². The SMILES string of the molecule is Cc1cccc2oc(CCNC(=O)[C@@H](C)N)nc12.Cl. The third kappa shape index (κ3) is 3.68. The standard InChI is InChI=1S/C13H17N3O2.ClH/c1-8-4-3-5-10-12(8)16-11(18-10)6-7-15-13(17)9(2)14;/h3-5,9H,6-7,14H2,1-2H3,(H,15,17);1H/t9-;/m1./s1. The van der Waals surface area contributed by atoms with Crippen molar-refractivity contribution < 1.29 is 9.21 Å². The third-order valence-electron chi connectivity index (χ3n) is 2.72. The van der Waals surface area contributed by atoms with E-state index in [4.69, 9.17) is 10.2 Å². The molecule has 1 aromatic heterocycles. The summed E-state index contributed by atoms with van der Waals surface area (Å²) in [4.78, 5) is 15.7. The van der Waals surface area contributed by atoms with Gasteiger partial charge in [0.25, 0.3) is 0 Å². The number of nitrogens with zero attached hydrogens (tertiary/aromatic N) is 1. The highest BCUT2D eigenvalue weighted by Gasteiger charge is 2.09. The molecule has 0 radical (unpaired) electrons. The Morgan fingerprint density at radius 2 is 2.26 bits per heavy atom. The number of amides is 1. The van der Waals surface area contributed by atoms with Crippen LogP contribution in [0.1, 0.15) is 18.4 Å². The molecular formula is C13H18ClN3O2. The predicted molar refractivity (Wildman–Crippen MR) is 76.4 cm³/mol. The van der Waals surface area contributed by atoms with Gasteiger partial charge in [-0.25, -0.2) is 4.98 Å². The molecule has 0 saturated carbocycles. The molecule has 1 amide bonds. The highest BCUT2D eigenvalue weighted by molar-refractivity contribution is 5.85. The van der Waals surface area contributed by atoms with Crippen LogP contribution in [-0.4, -0.2) is 23.5 Å². The molecule has 1 heterocycles. The van der Waals surface area contributed by atoms with Gasteiger partial charge in [0.05, 0.1) is 6.04 Å². The molecular weight excluding hydrogens is 266 g/mol. The lowest BCUT2D eigenvalue weighted by molar-refractivity contribution is -0.121. The number of para-hydroxylation sites is 1. The smallest absolute Gasteiger partial charge is 0.236 e. The largest absolute Gasteiger partial charge is 0.441 e. The number of aryl methyl sites for hydroxylation is 1. The number of carbonyl (C=O) groups is 1. The Labute approximate surface area is 118 Å². The van der Waals surface area contributed by atoms with Crippen molar-refractivity contribution in [3.05, 3.63) is 29.7 Å². The number of halogens is 1. The molecule has 5 nitrogen and oxygen atoms in total. The summed E-state index contributed by atoms with van der Waals surface area (Å²) in [5.41, 5.74) is 8.19. The lowest BCUT2D eigenvalue weighted by Gasteiger charge is -2.05. The number of nitrogens with two attached hydrogens (primary N) is 1. The normalized spacial score (nSPS) is 11.9. The number of carbonyl (C=O) groups excluding carboxylic acids is 1. The average Bonchev–Trinajstić information content (AvgIpc) is 2.73. The van der Waals surface area contributed by atoms with Crippen molar-refractivity contribution in [2.24, 2.45) is 5.73 Å². The van der Waals surface area contributed by atoms with Crippen LogP contribution >= 0.6 is 12.4 Å². The van der Waals surface area contributed by atoms with Gasteiger partial charge < -0.3 is 15.5 Å². The Morgan fingerprint density at radius 3 is 2.89 bits per heavy atom. The number of hydrogen-bond donors (Lipinski definition) is 2. The Balaban J connectivity index is 0.00000180. The van der Waals surface area contributed by atoms with Gasteiger partial charge in [-0.05, 0) is 25.5 Å². The van der Waals surface area contributed by atoms with Crippen molar-refractivity contribution in [1.29, 1.82) is 0 Å². The van der Waals surface area contributed by atoms with Crippen LogP contribution in [0.3, 0.4) is 0 Å². The van der Waals surface area contributed by atoms with E-state index in [2.05, 4.69) is 10.3 Å². The van der Waals surface area contributed by atoms with Crippen LogP contribution in [0.25, 0.3) is 11.1 Å². The number of oxazole rings is 1. The first kappa shape index (κ1) is 15.5. The molecule has 1 aromatic carbocycles. The molecule has 0 spiro atoms. The van der Waals surface area contributed by atoms with Crippen LogP contribution in [-0.2, 0) is 11.2 Å². The van der Waals surface area contributed by atoms with Crippen LogP contribution in [0.15, 0.2) is 22.6 Å². The molecule has 3 N–H and O–H groups in total. The molecule has 6 heteroatoms. The summed E-state index contributed by atoms with van der Waals surface area (Å²) >= 11 is 0. The van der Waals surface area contributed by atoms with Crippen LogP contribution in [0.5, 0.6) is 0 Å². The molecule has 2 aromatic rings. The van der Waals surface area contributed by atoms with Gasteiger partial charge in [-0.15, -0.1) is 12.4 Å². The zero-order valence-corrected chi connectivity index (χ0v) is 11.8. The quantitative estimate of drug-likeness (QED) is 0.892. The number of nitrogens with one attached hydrogen (secondary N) is 1. The lowest BCUT2D eigenvalue weighted by atomic mass is 10.2. The van der Waals surface area contributed by atoms with Crippen molar-refractivity contribution in [3.63, 3.8) is 0 Å². The van der Waals surface area contributed by atoms with Crippen molar-refractivity contribution in [3.8, 4) is 0 Å². The van der Waals surface area contributed by atoms with Gasteiger partial charge in [0.1, 0.15) is 5.52 Å². The van der Waals surface area contributed by atoms with Crippen LogP contribution in [0.2, 0.25) is 0 Å². The highest BCUT2D eigenvalue weighted by atomic mass is 35.5. The predicted octanol–water partition coefficient (Wildman–Crippen LogP) is 1.56. The molecule has 0 aliphatic heterocycles. The lowest BCUT2D eigenvalue weighted by Crippen LogP contribution is -2.39. The molecule has 0 unspecified atom stereocenters. The van der Waals surface area contributed by atoms with E-state index in [0.29, 0.717) is 18.9 Å². The third-order valence-corrected chi connectivity index (χ3v) is 2.72. The number of fused-ring (bicyclic) bond motifs is 1. The fourth-order valence-corrected chi connectivity index (χ4v) is 1.69. The summed E-state index contributed by atoms with van der Waals surface area (Å²) in [5, 5.41) is 2.73. The first-order valence-electron chi connectivity index (χ1n) is 5.96. The minimum Gasteiger partial charge on any atom is -0.441 e. The Kier molecular flexibility index (Phi) is 5.32. The second-order valence-electron chi connectivity index (χ2n) is 4.36. The summed E-state index contributed by atoms with van der Waals surface area (Å²) < 4.78 is 5.60. The Hall–Kier alpha value is -1.59. The van der Waals surface area contributed by atoms with E-state index in [-0.39, 0.29) is 18.3 Å². The molecule has 1 atom stereocenters. The monoisotopic (exact) mass is 283 g/mol. The Morgan fingerprint density at radius 1 is 1.53 bits per heavy atom. The van der Waals surface area contributed by atoms with Crippen molar-refractivity contribution in [1.82, 2.24) is 10.3 Å². The van der Waals surface area contributed by atoms with Crippen LogP contribution < -0.4 is 11.1 Å². The maximum absolute atomic E-state index is 11.3. The highest BCUT2D eigenvalue weighted by Crippen LogP contribution is 2.18. The minimum atomic E-state index is -0.490. The summed E-state index contributed by atoms with van der Waals surface area (Å²) in [6.45, 7) is 4.12. The number of benzene rings is 1. The van der Waals surface area contributed by atoms with E-state index in [1.54, 1.807) is 6.92 Å². The molecule has 0 aliphatic rings. The topological polar surface area (TPSA) is 81.2 Å². The molecule has 104 valence electrons. The van der Waals surface area contributed by atoms with E-state index >= 15 is 0 Å². The van der Waals surface area contributed by atoms with Crippen LogP contribution in [0, 0.1) is 6.92 Å². The summed E-state index contributed by atoms with van der Waals surface area (Å²) in [6, 6.07) is 5.33. The first-order valence-corrected chi connectivity index (χ1v) is 5.96. The molecule has 0 saturated heterocycles. The van der Waals surface area contributed by atoms with E-state index < -0.39 is 6.04 Å². The van der Waals surface area contributed by atoms with Crippen molar-refractivity contribution >= 4 is 29.4 Å². The number of aromatic nitrogens is 1. The maximum Gasteiger partial charge on any atom is 0.236 e. The second-order valence-corrected chi connectivity index (χ2v) is 4.36. The summed E-state index contributed by atoms with van der Waals surface area (Å²) in [7, 11) is 0. The van der Waals surface area contributed by atoms with Gasteiger partial charge >= 0.3 is 0 Å². The first-order chi connectivity index (χ1) is 8.58. The van der Waals surface area contributed by atoms with Gasteiger partial charge in [-0.1, -0.05) is 12.1 Å². The molecule has 0 bridgehead atoms. The fraction of sp³-hybridized carbons (Fsp3) is 0.385. The number of hydrogen-bond acceptors (Lipinski definition) is 4. The molecule has 0 fully saturated rings. The number of rotatable bonds is 4. The van der Waals surface area contributed by atoms with Crippen molar-refractivity contribution in [2.75, 3.05) is 6.54 Å².